The number of rotatable bonds is 12. The molecule has 0 radical (unpaired) electrons. The van der Waals surface area contributed by atoms with E-state index in [4.69, 9.17) is 19.3 Å². The van der Waals surface area contributed by atoms with E-state index >= 15 is 0 Å². The zero-order chi connectivity index (χ0) is 66.9. The minimum Gasteiger partial charge on any atom is -0.517 e. The Hall–Kier alpha value is -7.40. The molecule has 0 spiro atoms. The molecule has 8 aromatic carbocycles. The van der Waals surface area contributed by atoms with Crippen molar-refractivity contribution in [1.29, 1.82) is 0 Å². The van der Waals surface area contributed by atoms with Gasteiger partial charge in [-0.1, -0.05) is 191 Å². The minimum absolute atomic E-state index is 0. The number of aryl methyl sites for hydroxylation is 1. The summed E-state index contributed by atoms with van der Waals surface area (Å²) in [5.41, 5.74) is 12.0. The van der Waals surface area contributed by atoms with Crippen molar-refractivity contribution >= 4 is 60.7 Å². The summed E-state index contributed by atoms with van der Waals surface area (Å²) in [6, 6.07) is 42.1. The molecule has 12 rings (SSSR count). The van der Waals surface area contributed by atoms with Crippen molar-refractivity contribution in [2.45, 2.75) is 137 Å². The molecule has 0 amide bonds. The number of pyridine rings is 1. The summed E-state index contributed by atoms with van der Waals surface area (Å²) in [6.07, 6.45) is 3.86. The molecule has 11 aromatic rings. The van der Waals surface area contributed by atoms with Crippen LogP contribution in [-0.4, -0.2) is 20.7 Å². The first kappa shape index (κ1) is 45.1. The number of unbranched alkanes of at least 4 members (excludes halogenated alkanes) is 1. The Kier molecular flexibility index (Phi) is 11.9. The fourth-order valence-corrected chi connectivity index (χ4v) is 11.4. The third-order valence-corrected chi connectivity index (χ3v) is 16.1. The van der Waals surface area contributed by atoms with Crippen LogP contribution in [0.5, 0.6) is 5.75 Å². The molecule has 0 bridgehead atoms. The van der Waals surface area contributed by atoms with Crippen molar-refractivity contribution in [3.05, 3.63) is 228 Å². The first-order valence-electron chi connectivity index (χ1n) is 34.1. The van der Waals surface area contributed by atoms with E-state index in [2.05, 4.69) is 148 Å². The van der Waals surface area contributed by atoms with Crippen LogP contribution in [0.4, 0.5) is 17.1 Å². The average molecular weight is 1280 g/mol. The van der Waals surface area contributed by atoms with Crippen molar-refractivity contribution in [1.82, 2.24) is 14.1 Å². The van der Waals surface area contributed by atoms with Gasteiger partial charge in [-0.15, -0.1) is 23.4 Å². The van der Waals surface area contributed by atoms with Gasteiger partial charge in [0.15, 0.2) is 0 Å². The molecule has 3 aromatic heterocycles. The van der Waals surface area contributed by atoms with E-state index in [9.17, 15) is 5.48 Å². The second-order valence-corrected chi connectivity index (χ2v) is 26.1. The number of hydrogen-bond donors (Lipinski definition) is 0. The SMILES string of the molecule is [2H]c1c([2H])c([2H])c2c(c1[2H])c1c([2H])c([2H])c([2H])c([2H])c1n2-c1cc(OCc2[c-]c(N3[CH-]N(CCCCc4c(-c5cc(C(C)(C)C)cc(C(C)(C)C)c5)cc(C(C)(C)C)cc4C([2H])([2H])[2H])c4ccccc43)ccc2)[c-]c2c1c1ccccc1n2-c1cc(C(C)(C)C)ccn1.[Pt]. The van der Waals surface area contributed by atoms with Crippen molar-refractivity contribution in [2.24, 2.45) is 0 Å². The second kappa shape index (κ2) is 22.0. The third-order valence-electron chi connectivity index (χ3n) is 16.1. The molecule has 426 valence electrons. The normalized spacial score (nSPS) is 15.2. The maximum atomic E-state index is 9.47. The van der Waals surface area contributed by atoms with Crippen LogP contribution >= 0.6 is 0 Å². The molecule has 0 N–H and O–H groups in total. The molecule has 0 unspecified atom stereocenters. The zero-order valence-corrected chi connectivity index (χ0v) is 51.9. The molecular weight excluding hydrogens is 1190 g/mol. The van der Waals surface area contributed by atoms with Gasteiger partial charge >= 0.3 is 0 Å². The van der Waals surface area contributed by atoms with Crippen LogP contribution in [0, 0.1) is 25.7 Å². The molecule has 1 aliphatic rings. The smallest absolute Gasteiger partial charge is 0.135 e. The van der Waals surface area contributed by atoms with Gasteiger partial charge in [0.2, 0.25) is 0 Å². The number of anilines is 3. The summed E-state index contributed by atoms with van der Waals surface area (Å²) in [6.45, 7) is 26.6. The fourth-order valence-electron chi connectivity index (χ4n) is 11.4. The number of ether oxygens (including phenoxy) is 1. The summed E-state index contributed by atoms with van der Waals surface area (Å²) in [7, 11) is 0. The van der Waals surface area contributed by atoms with Crippen LogP contribution in [-0.2, 0) is 55.8 Å². The number of fused-ring (bicyclic) bond motifs is 7. The molecule has 0 fully saturated rings. The van der Waals surface area contributed by atoms with Gasteiger partial charge in [0.25, 0.3) is 0 Å². The standard InChI is InChI=1S/C76H78N5O.Pt/c1-50-39-54(74(5,6)7)44-63(52-41-55(75(8,9)10)43-56(42-52)76(11,12)13)59(50)27-22-23-38-78-49-79(68-35-21-20-34-67(68)78)57-26-24-25-51(40-57)48-82-58-46-69(80-64-31-17-14-28-60(64)61-29-15-18-32-65(61)80)72-62-30-16-19-33-66(62)81(70(72)47-58)71-45-53(36-37-77-71)73(2,3)4;/h14-21,24-26,28-37,39,41-46,49H,22-23,27,38,48H2,1-13H3;/q-3;/i1D3,14D,15D,17D,18D,28D,29D,31D,32D;. The molecule has 0 aliphatic carbocycles. The monoisotopic (exact) mass is 1280 g/mol. The summed E-state index contributed by atoms with van der Waals surface area (Å²) >= 11 is 0. The number of para-hydroxylation sites is 5. The van der Waals surface area contributed by atoms with E-state index in [0.717, 1.165) is 68.6 Å². The number of aromatic nitrogens is 3. The average Bonchev–Trinajstić information content (AvgIpc) is 1.53. The van der Waals surface area contributed by atoms with E-state index < -0.39 is 55.2 Å². The first-order chi connectivity index (χ1) is 43.6. The van der Waals surface area contributed by atoms with Crippen LogP contribution in [0.15, 0.2) is 170 Å². The van der Waals surface area contributed by atoms with Crippen LogP contribution in [0.3, 0.4) is 0 Å². The van der Waals surface area contributed by atoms with Crippen LogP contribution in [0.25, 0.3) is 66.2 Å². The van der Waals surface area contributed by atoms with Crippen molar-refractivity contribution in [2.75, 3.05) is 16.3 Å². The molecule has 0 saturated carbocycles. The van der Waals surface area contributed by atoms with E-state index in [1.54, 1.807) is 16.8 Å². The van der Waals surface area contributed by atoms with Crippen molar-refractivity contribution in [3.8, 4) is 28.4 Å². The Bertz CT molecular complexity index is 4720. The largest absolute Gasteiger partial charge is 0.517 e. The van der Waals surface area contributed by atoms with Gasteiger partial charge in [-0.2, -0.15) is 30.9 Å². The van der Waals surface area contributed by atoms with E-state index in [1.165, 1.54) is 11.1 Å². The Morgan fingerprint density at radius 2 is 1.22 bits per heavy atom. The third kappa shape index (κ3) is 11.1. The first-order valence-corrected chi connectivity index (χ1v) is 28.6. The Morgan fingerprint density at radius 3 is 1.89 bits per heavy atom. The van der Waals surface area contributed by atoms with Gasteiger partial charge in [0.05, 0.1) is 28.6 Å². The predicted molar refractivity (Wildman–Crippen MR) is 346 cm³/mol. The van der Waals surface area contributed by atoms with Gasteiger partial charge in [0.1, 0.15) is 5.82 Å². The predicted octanol–water partition coefficient (Wildman–Crippen LogP) is 19.7. The summed E-state index contributed by atoms with van der Waals surface area (Å²) in [5.74, 6) is 0.830. The molecule has 7 heteroatoms. The maximum Gasteiger partial charge on any atom is 0.135 e. The quantitative estimate of drug-likeness (QED) is 0.0903. The second-order valence-electron chi connectivity index (χ2n) is 26.1. The van der Waals surface area contributed by atoms with E-state index in [1.807, 2.05) is 77.4 Å². The molecule has 0 saturated heterocycles. The Morgan fingerprint density at radius 1 is 0.578 bits per heavy atom. The number of benzene rings is 8. The zero-order valence-electron chi connectivity index (χ0n) is 60.6. The van der Waals surface area contributed by atoms with Gasteiger partial charge in [0, 0.05) is 64.8 Å². The van der Waals surface area contributed by atoms with Gasteiger partial charge in [-0.3, -0.25) is 0 Å². The van der Waals surface area contributed by atoms with Crippen molar-refractivity contribution < 1.29 is 40.9 Å². The molecule has 83 heavy (non-hydrogen) atoms. The summed E-state index contributed by atoms with van der Waals surface area (Å²) in [5, 5.41) is 1.25. The minimum atomic E-state index is -2.33. The van der Waals surface area contributed by atoms with Crippen LogP contribution in [0.1, 0.15) is 150 Å². The molecule has 1 aliphatic heterocycles. The molecule has 6 nitrogen and oxygen atoms in total. The number of nitrogens with zero attached hydrogens (tertiary/aromatic N) is 5. The van der Waals surface area contributed by atoms with Crippen LogP contribution in [0.2, 0.25) is 0 Å². The number of hydrogen-bond acceptors (Lipinski definition) is 4. The van der Waals surface area contributed by atoms with Gasteiger partial charge in [-0.25, -0.2) is 4.98 Å². The van der Waals surface area contributed by atoms with Gasteiger partial charge < -0.3 is 23.7 Å². The summed E-state index contributed by atoms with van der Waals surface area (Å²) < 4.78 is 110. The van der Waals surface area contributed by atoms with Gasteiger partial charge in [-0.05, 0) is 152 Å². The molecular formula is C76H78N5OPt-3. The molecule has 0 atom stereocenters. The van der Waals surface area contributed by atoms with E-state index in [0.29, 0.717) is 46.5 Å². The Labute approximate surface area is 522 Å². The topological polar surface area (TPSA) is 38.5 Å². The van der Waals surface area contributed by atoms with Crippen molar-refractivity contribution in [3.63, 3.8) is 0 Å². The fraction of sp³-hybridized carbons (Fsp3) is 0.289. The summed E-state index contributed by atoms with van der Waals surface area (Å²) in [4.78, 5) is 9.28. The molecule has 4 heterocycles. The maximum absolute atomic E-state index is 9.47. The van der Waals surface area contributed by atoms with Crippen LogP contribution < -0.4 is 14.5 Å². The van der Waals surface area contributed by atoms with E-state index in [-0.39, 0.29) is 76.9 Å². The Balaban J connectivity index is 0.00000901.